The summed E-state index contributed by atoms with van der Waals surface area (Å²) in [5, 5.41) is 9.48. The molecule has 0 heterocycles. The number of allylic oxidation sites excluding steroid dienone is 3. The second-order valence-corrected chi connectivity index (χ2v) is 6.25. The molecule has 1 aliphatic carbocycles. The summed E-state index contributed by atoms with van der Waals surface area (Å²) in [5.41, 5.74) is 0. The highest BCUT2D eigenvalue weighted by Crippen LogP contribution is 2.33. The molecule has 0 radical (unpaired) electrons. The summed E-state index contributed by atoms with van der Waals surface area (Å²) < 4.78 is 25.6. The monoisotopic (exact) mass is 251 g/mol. The van der Waals surface area contributed by atoms with E-state index in [4.69, 9.17) is 11.6 Å². The molecule has 0 spiro atoms. The Morgan fingerprint density at radius 1 is 1.67 bits per heavy atom. The van der Waals surface area contributed by atoms with E-state index in [2.05, 4.69) is 4.72 Å². The van der Waals surface area contributed by atoms with E-state index in [1.165, 1.54) is 6.08 Å². The Balaban J connectivity index is 3.10. The first kappa shape index (κ1) is 12.5. The lowest BCUT2D eigenvalue weighted by Gasteiger charge is -2.23. The van der Waals surface area contributed by atoms with Gasteiger partial charge in [-0.3, -0.25) is 0 Å². The standard InChI is InChI=1S/C9H14ClNO3S/c1-3-11-15(13,14)8-6-9(2,10)5-4-7(8)12/h4-5,11-12H,3,6H2,1-2H3. The van der Waals surface area contributed by atoms with Crippen LogP contribution in [0.2, 0.25) is 0 Å². The van der Waals surface area contributed by atoms with Crippen LogP contribution >= 0.6 is 11.6 Å². The molecule has 0 amide bonds. The SMILES string of the molecule is CCNS(=O)(=O)C1=C(O)C=CC(C)(Cl)C1. The molecule has 0 fully saturated rings. The molecule has 0 saturated carbocycles. The van der Waals surface area contributed by atoms with Gasteiger partial charge >= 0.3 is 0 Å². The molecule has 6 heteroatoms. The number of hydrogen-bond acceptors (Lipinski definition) is 3. The third kappa shape index (κ3) is 2.96. The molecule has 0 saturated heterocycles. The van der Waals surface area contributed by atoms with Crippen LogP contribution in [0.1, 0.15) is 20.3 Å². The quantitative estimate of drug-likeness (QED) is 0.750. The molecule has 4 nitrogen and oxygen atoms in total. The number of aliphatic hydroxyl groups is 1. The number of sulfonamides is 1. The predicted octanol–water partition coefficient (Wildman–Crippen LogP) is 1.65. The first-order valence-corrected chi connectivity index (χ1v) is 6.44. The molecule has 1 rings (SSSR count). The van der Waals surface area contributed by atoms with Gasteiger partial charge < -0.3 is 5.11 Å². The fraction of sp³-hybridized carbons (Fsp3) is 0.556. The molecule has 15 heavy (non-hydrogen) atoms. The van der Waals surface area contributed by atoms with Gasteiger partial charge in [-0.1, -0.05) is 13.0 Å². The van der Waals surface area contributed by atoms with Crippen LogP contribution in [0.3, 0.4) is 0 Å². The lowest BCUT2D eigenvalue weighted by Crippen LogP contribution is -2.30. The van der Waals surface area contributed by atoms with Crippen molar-refractivity contribution in [2.24, 2.45) is 0 Å². The minimum atomic E-state index is -3.61. The maximum absolute atomic E-state index is 11.7. The second-order valence-electron chi connectivity index (χ2n) is 3.60. The van der Waals surface area contributed by atoms with Crippen LogP contribution in [0.4, 0.5) is 0 Å². The van der Waals surface area contributed by atoms with Crippen molar-refractivity contribution < 1.29 is 13.5 Å². The van der Waals surface area contributed by atoms with E-state index in [9.17, 15) is 13.5 Å². The molecule has 2 N–H and O–H groups in total. The van der Waals surface area contributed by atoms with Crippen molar-refractivity contribution in [3.05, 3.63) is 22.8 Å². The lowest BCUT2D eigenvalue weighted by atomic mass is 10.0. The highest BCUT2D eigenvalue weighted by atomic mass is 35.5. The maximum atomic E-state index is 11.7. The second kappa shape index (κ2) is 4.15. The first-order valence-electron chi connectivity index (χ1n) is 4.58. The smallest absolute Gasteiger partial charge is 0.240 e. The number of halogens is 1. The fourth-order valence-electron chi connectivity index (χ4n) is 1.32. The van der Waals surface area contributed by atoms with Crippen LogP contribution in [0.15, 0.2) is 22.8 Å². The highest BCUT2D eigenvalue weighted by Gasteiger charge is 2.31. The van der Waals surface area contributed by atoms with E-state index in [0.717, 1.165) is 0 Å². The lowest BCUT2D eigenvalue weighted by molar-refractivity contribution is 0.419. The van der Waals surface area contributed by atoms with Gasteiger partial charge in [-0.05, 0) is 13.0 Å². The zero-order chi connectivity index (χ0) is 11.7. The molecule has 0 aromatic heterocycles. The Labute approximate surface area is 94.7 Å². The summed E-state index contributed by atoms with van der Waals surface area (Å²) in [6, 6.07) is 0. The third-order valence-electron chi connectivity index (χ3n) is 2.04. The van der Waals surface area contributed by atoms with Crippen molar-refractivity contribution in [3.8, 4) is 0 Å². The average molecular weight is 252 g/mol. The number of alkyl halides is 1. The van der Waals surface area contributed by atoms with E-state index in [1.807, 2.05) is 0 Å². The average Bonchev–Trinajstić information content (AvgIpc) is 2.09. The molecule has 1 atom stereocenters. The Kier molecular flexibility index (Phi) is 3.48. The summed E-state index contributed by atoms with van der Waals surface area (Å²) in [6.07, 6.45) is 2.99. The Morgan fingerprint density at radius 2 is 2.27 bits per heavy atom. The normalized spacial score (nSPS) is 27.1. The molecule has 1 unspecified atom stereocenters. The summed E-state index contributed by atoms with van der Waals surface area (Å²) in [5.74, 6) is -0.242. The fourth-order valence-corrected chi connectivity index (χ4v) is 2.98. The largest absolute Gasteiger partial charge is 0.507 e. The number of aliphatic hydroxyl groups excluding tert-OH is 1. The van der Waals surface area contributed by atoms with Crippen molar-refractivity contribution in [2.75, 3.05) is 6.54 Å². The van der Waals surface area contributed by atoms with Crippen molar-refractivity contribution >= 4 is 21.6 Å². The zero-order valence-corrected chi connectivity index (χ0v) is 10.2. The van der Waals surface area contributed by atoms with Crippen LogP contribution in [-0.2, 0) is 10.0 Å². The van der Waals surface area contributed by atoms with Gasteiger partial charge in [0.25, 0.3) is 0 Å². The molecule has 0 bridgehead atoms. The Morgan fingerprint density at radius 3 is 2.80 bits per heavy atom. The van der Waals surface area contributed by atoms with Crippen LogP contribution in [0.25, 0.3) is 0 Å². The number of hydrogen-bond donors (Lipinski definition) is 2. The van der Waals surface area contributed by atoms with E-state index >= 15 is 0 Å². The minimum absolute atomic E-state index is 0.0515. The van der Waals surface area contributed by atoms with Crippen molar-refractivity contribution in [2.45, 2.75) is 25.1 Å². The van der Waals surface area contributed by atoms with Gasteiger partial charge in [0.1, 0.15) is 10.7 Å². The Bertz CT molecular complexity index is 409. The minimum Gasteiger partial charge on any atom is -0.507 e. The molecule has 86 valence electrons. The van der Waals surface area contributed by atoms with Crippen LogP contribution in [0, 0.1) is 0 Å². The molecule has 1 aliphatic rings. The summed E-state index contributed by atoms with van der Waals surface area (Å²) >= 11 is 6.01. The van der Waals surface area contributed by atoms with Gasteiger partial charge in [0.2, 0.25) is 10.0 Å². The third-order valence-corrected chi connectivity index (χ3v) is 3.97. The summed E-state index contributed by atoms with van der Waals surface area (Å²) in [6.45, 7) is 3.65. The topological polar surface area (TPSA) is 66.4 Å². The van der Waals surface area contributed by atoms with Gasteiger partial charge in [-0.2, -0.15) is 0 Å². The summed E-state index contributed by atoms with van der Waals surface area (Å²) in [7, 11) is -3.61. The number of rotatable bonds is 3. The van der Waals surface area contributed by atoms with Gasteiger partial charge in [-0.15, -0.1) is 11.6 Å². The van der Waals surface area contributed by atoms with E-state index < -0.39 is 14.9 Å². The van der Waals surface area contributed by atoms with E-state index in [-0.39, 0.29) is 23.6 Å². The van der Waals surface area contributed by atoms with Gasteiger partial charge in [-0.25, -0.2) is 13.1 Å². The Hall–Kier alpha value is -0.520. The molecular formula is C9H14ClNO3S. The maximum Gasteiger partial charge on any atom is 0.240 e. The highest BCUT2D eigenvalue weighted by molar-refractivity contribution is 7.93. The van der Waals surface area contributed by atoms with Crippen LogP contribution < -0.4 is 4.72 Å². The van der Waals surface area contributed by atoms with Gasteiger partial charge in [0, 0.05) is 13.0 Å². The van der Waals surface area contributed by atoms with Crippen molar-refractivity contribution in [1.29, 1.82) is 0 Å². The van der Waals surface area contributed by atoms with Gasteiger partial charge in [0.05, 0.1) is 4.87 Å². The summed E-state index contributed by atoms with van der Waals surface area (Å²) in [4.78, 5) is -0.811. The van der Waals surface area contributed by atoms with Crippen LogP contribution in [-0.4, -0.2) is 24.9 Å². The van der Waals surface area contributed by atoms with E-state index in [1.54, 1.807) is 19.9 Å². The first-order chi connectivity index (χ1) is 6.78. The molecule has 0 aromatic carbocycles. The molecule has 0 aliphatic heterocycles. The molecule has 0 aromatic rings. The number of nitrogens with one attached hydrogen (secondary N) is 1. The van der Waals surface area contributed by atoms with Crippen molar-refractivity contribution in [1.82, 2.24) is 4.72 Å². The van der Waals surface area contributed by atoms with Crippen LogP contribution in [0.5, 0.6) is 0 Å². The zero-order valence-electron chi connectivity index (χ0n) is 8.62. The van der Waals surface area contributed by atoms with Gasteiger partial charge in [0.15, 0.2) is 0 Å². The molecular weight excluding hydrogens is 238 g/mol. The van der Waals surface area contributed by atoms with E-state index in [0.29, 0.717) is 0 Å². The van der Waals surface area contributed by atoms with Crippen molar-refractivity contribution in [3.63, 3.8) is 0 Å². The predicted molar refractivity (Wildman–Crippen MR) is 60.3 cm³/mol.